The Kier molecular flexibility index (Phi) is 5.46. The van der Waals surface area contributed by atoms with Crippen LogP contribution >= 0.6 is 0 Å². The van der Waals surface area contributed by atoms with Crippen molar-refractivity contribution < 1.29 is 4.79 Å². The summed E-state index contributed by atoms with van der Waals surface area (Å²) in [5.74, 6) is -0.0595. The lowest BCUT2D eigenvalue weighted by molar-refractivity contribution is 0.0952. The monoisotopic (exact) mass is 283 g/mol. The third-order valence-corrected chi connectivity index (χ3v) is 3.29. The number of nitrogens with one attached hydrogen (secondary N) is 2. The zero-order valence-electron chi connectivity index (χ0n) is 12.5. The van der Waals surface area contributed by atoms with Gasteiger partial charge >= 0.3 is 0 Å². The van der Waals surface area contributed by atoms with E-state index in [0.717, 1.165) is 29.9 Å². The van der Waals surface area contributed by atoms with Gasteiger partial charge in [-0.3, -0.25) is 9.78 Å². The fourth-order valence-corrected chi connectivity index (χ4v) is 2.13. The number of benzene rings is 1. The number of carbonyl (C=O) groups is 1. The van der Waals surface area contributed by atoms with Crippen LogP contribution in [0.3, 0.4) is 0 Å². The molecule has 0 unspecified atom stereocenters. The van der Waals surface area contributed by atoms with E-state index in [2.05, 4.69) is 15.6 Å². The van der Waals surface area contributed by atoms with Gasteiger partial charge in [0, 0.05) is 12.1 Å². The molecule has 0 bridgehead atoms. The van der Waals surface area contributed by atoms with E-state index in [1.54, 1.807) is 0 Å². The predicted octanol–water partition coefficient (Wildman–Crippen LogP) is 2.40. The molecular weight excluding hydrogens is 262 g/mol. The predicted molar refractivity (Wildman–Crippen MR) is 85.3 cm³/mol. The highest BCUT2D eigenvalue weighted by molar-refractivity contribution is 5.95. The molecule has 0 spiro atoms. The first-order chi connectivity index (χ1) is 10.2. The second-order valence-electron chi connectivity index (χ2n) is 4.91. The van der Waals surface area contributed by atoms with Gasteiger partial charge in [-0.05, 0) is 39.1 Å². The number of amides is 1. The van der Waals surface area contributed by atoms with E-state index < -0.39 is 0 Å². The minimum atomic E-state index is -0.0595. The molecule has 4 heteroatoms. The lowest BCUT2D eigenvalue weighted by Gasteiger charge is -2.09. The first kappa shape index (κ1) is 15.2. The van der Waals surface area contributed by atoms with E-state index in [-0.39, 0.29) is 5.91 Å². The minimum absolute atomic E-state index is 0.0595. The molecule has 0 aliphatic rings. The number of hydrogen-bond acceptors (Lipinski definition) is 3. The summed E-state index contributed by atoms with van der Waals surface area (Å²) < 4.78 is 0. The van der Waals surface area contributed by atoms with Crippen molar-refractivity contribution in [3.05, 3.63) is 53.7 Å². The van der Waals surface area contributed by atoms with Crippen LogP contribution in [0.1, 0.15) is 22.5 Å². The smallest absolute Gasteiger partial charge is 0.253 e. The van der Waals surface area contributed by atoms with E-state index in [9.17, 15) is 4.79 Å². The molecule has 2 rings (SSSR count). The average Bonchev–Trinajstić information content (AvgIpc) is 2.52. The maximum Gasteiger partial charge on any atom is 0.253 e. The number of carbonyl (C=O) groups excluding carboxylic acids is 1. The van der Waals surface area contributed by atoms with Crippen LogP contribution in [0.15, 0.2) is 42.5 Å². The van der Waals surface area contributed by atoms with Crippen molar-refractivity contribution in [1.29, 1.82) is 0 Å². The Bertz CT molecular complexity index is 596. The van der Waals surface area contributed by atoms with Crippen molar-refractivity contribution in [1.82, 2.24) is 15.6 Å². The van der Waals surface area contributed by atoms with Gasteiger partial charge in [0.2, 0.25) is 0 Å². The van der Waals surface area contributed by atoms with Gasteiger partial charge in [-0.2, -0.15) is 0 Å². The van der Waals surface area contributed by atoms with Gasteiger partial charge in [-0.25, -0.2) is 0 Å². The third-order valence-electron chi connectivity index (χ3n) is 3.29. The Balaban J connectivity index is 2.07. The summed E-state index contributed by atoms with van der Waals surface area (Å²) in [4.78, 5) is 16.6. The zero-order valence-corrected chi connectivity index (χ0v) is 12.5. The van der Waals surface area contributed by atoms with Crippen LogP contribution in [-0.4, -0.2) is 31.0 Å². The normalized spacial score (nSPS) is 10.4. The van der Waals surface area contributed by atoms with Crippen LogP contribution in [0.5, 0.6) is 0 Å². The topological polar surface area (TPSA) is 54.0 Å². The Morgan fingerprint density at radius 2 is 1.86 bits per heavy atom. The lowest BCUT2D eigenvalue weighted by atomic mass is 10.1. The maximum atomic E-state index is 12.1. The van der Waals surface area contributed by atoms with Crippen molar-refractivity contribution in [3.8, 4) is 11.3 Å². The average molecular weight is 283 g/mol. The Labute approximate surface area is 125 Å². The molecule has 1 amide bonds. The summed E-state index contributed by atoms with van der Waals surface area (Å²) in [5.41, 5.74) is 3.34. The second kappa shape index (κ2) is 7.55. The van der Waals surface area contributed by atoms with Crippen molar-refractivity contribution in [3.63, 3.8) is 0 Å². The van der Waals surface area contributed by atoms with Gasteiger partial charge in [0.15, 0.2) is 0 Å². The van der Waals surface area contributed by atoms with Crippen molar-refractivity contribution >= 4 is 5.91 Å². The van der Waals surface area contributed by atoms with Gasteiger partial charge in [0.25, 0.3) is 5.91 Å². The molecule has 1 aromatic heterocycles. The Hall–Kier alpha value is -2.20. The summed E-state index contributed by atoms with van der Waals surface area (Å²) >= 11 is 0. The third kappa shape index (κ3) is 4.13. The molecule has 4 nitrogen and oxygen atoms in total. The molecule has 1 heterocycles. The number of rotatable bonds is 6. The molecule has 1 aromatic carbocycles. The number of nitrogens with zero attached hydrogens (tertiary/aromatic N) is 1. The molecule has 0 fully saturated rings. The fourth-order valence-electron chi connectivity index (χ4n) is 2.13. The van der Waals surface area contributed by atoms with Crippen LogP contribution in [0, 0.1) is 6.92 Å². The summed E-state index contributed by atoms with van der Waals surface area (Å²) in [5, 5.41) is 5.97. The zero-order chi connectivity index (χ0) is 15.1. The molecular formula is C17H21N3O. The van der Waals surface area contributed by atoms with Crippen LogP contribution in [0.2, 0.25) is 0 Å². The van der Waals surface area contributed by atoms with E-state index >= 15 is 0 Å². The summed E-state index contributed by atoms with van der Waals surface area (Å²) in [6.45, 7) is 3.43. The molecule has 0 aliphatic heterocycles. The van der Waals surface area contributed by atoms with Crippen LogP contribution in [-0.2, 0) is 0 Å². The number of pyridine rings is 1. The van der Waals surface area contributed by atoms with Gasteiger partial charge in [0.05, 0.1) is 17.0 Å². The molecule has 21 heavy (non-hydrogen) atoms. The highest BCUT2D eigenvalue weighted by atomic mass is 16.1. The number of aryl methyl sites for hydroxylation is 1. The first-order valence-electron chi connectivity index (χ1n) is 7.18. The van der Waals surface area contributed by atoms with Crippen LogP contribution < -0.4 is 10.6 Å². The summed E-state index contributed by atoms with van der Waals surface area (Å²) in [6.07, 6.45) is 0.914. The van der Waals surface area contributed by atoms with E-state index in [1.807, 2.05) is 56.4 Å². The fraction of sp³-hybridized carbons (Fsp3) is 0.294. The quantitative estimate of drug-likeness (QED) is 0.800. The molecule has 0 saturated carbocycles. The molecule has 2 aromatic rings. The van der Waals surface area contributed by atoms with Crippen molar-refractivity contribution in [2.24, 2.45) is 0 Å². The van der Waals surface area contributed by atoms with Gasteiger partial charge in [-0.15, -0.1) is 0 Å². The number of hydrogen-bond donors (Lipinski definition) is 2. The molecule has 2 N–H and O–H groups in total. The number of aromatic nitrogens is 1. The molecule has 0 saturated heterocycles. The van der Waals surface area contributed by atoms with Crippen molar-refractivity contribution in [2.45, 2.75) is 13.3 Å². The molecule has 110 valence electrons. The minimum Gasteiger partial charge on any atom is -0.352 e. The highest BCUT2D eigenvalue weighted by Crippen LogP contribution is 2.18. The summed E-state index contributed by atoms with van der Waals surface area (Å²) in [6, 6.07) is 13.7. The lowest BCUT2D eigenvalue weighted by Crippen LogP contribution is -2.27. The first-order valence-corrected chi connectivity index (χ1v) is 7.18. The standard InChI is InChI=1S/C17H21N3O/c1-13-15(17(21)19-12-6-11-18-2)9-10-16(20-13)14-7-4-3-5-8-14/h3-5,7-10,18H,6,11-12H2,1-2H3,(H,19,21). The van der Waals surface area contributed by atoms with Crippen LogP contribution in [0.25, 0.3) is 11.3 Å². The van der Waals surface area contributed by atoms with E-state index in [1.165, 1.54) is 0 Å². The van der Waals surface area contributed by atoms with Crippen LogP contribution in [0.4, 0.5) is 0 Å². The maximum absolute atomic E-state index is 12.1. The summed E-state index contributed by atoms with van der Waals surface area (Å²) in [7, 11) is 1.90. The van der Waals surface area contributed by atoms with E-state index in [0.29, 0.717) is 12.1 Å². The molecule has 0 radical (unpaired) electrons. The van der Waals surface area contributed by atoms with E-state index in [4.69, 9.17) is 0 Å². The highest BCUT2D eigenvalue weighted by Gasteiger charge is 2.10. The van der Waals surface area contributed by atoms with Gasteiger partial charge in [-0.1, -0.05) is 30.3 Å². The second-order valence-corrected chi connectivity index (χ2v) is 4.91. The Morgan fingerprint density at radius 3 is 2.52 bits per heavy atom. The largest absolute Gasteiger partial charge is 0.352 e. The SMILES string of the molecule is CNCCCNC(=O)c1ccc(-c2ccccc2)nc1C. The van der Waals surface area contributed by atoms with Gasteiger partial charge < -0.3 is 10.6 Å². The Morgan fingerprint density at radius 1 is 1.10 bits per heavy atom. The molecule has 0 aliphatic carbocycles. The molecule has 0 atom stereocenters. The van der Waals surface area contributed by atoms with Crippen molar-refractivity contribution in [2.75, 3.05) is 20.1 Å². The van der Waals surface area contributed by atoms with Gasteiger partial charge in [0.1, 0.15) is 0 Å².